The number of hydrogen-bond donors (Lipinski definition) is 3. The van der Waals surface area contributed by atoms with Crippen LogP contribution in [-0.2, 0) is 9.53 Å². The molecule has 2 heterocycles. The first-order valence-electron chi connectivity index (χ1n) is 6.80. The van der Waals surface area contributed by atoms with Crippen molar-refractivity contribution in [3.63, 3.8) is 0 Å². The Kier molecular flexibility index (Phi) is 5.13. The number of carbonyl (C=O) groups excluding carboxylic acids is 1. The molecule has 3 unspecified atom stereocenters. The van der Waals surface area contributed by atoms with Crippen molar-refractivity contribution in [3.05, 3.63) is 16.1 Å². The van der Waals surface area contributed by atoms with Crippen molar-refractivity contribution in [2.24, 2.45) is 0 Å². The Morgan fingerprint density at radius 1 is 1.57 bits per heavy atom. The first-order chi connectivity index (χ1) is 9.95. The average molecular weight is 313 g/mol. The lowest BCUT2D eigenvalue weighted by molar-refractivity contribution is -0.149. The Hall–Kier alpha value is -1.67. The van der Waals surface area contributed by atoms with Crippen LogP contribution < -0.4 is 10.6 Å². The molecule has 2 amide bonds. The molecule has 1 aromatic heterocycles. The zero-order chi connectivity index (χ0) is 15.4. The number of rotatable bonds is 5. The van der Waals surface area contributed by atoms with Crippen LogP contribution in [0.3, 0.4) is 0 Å². The van der Waals surface area contributed by atoms with Gasteiger partial charge >= 0.3 is 12.0 Å². The second-order valence-corrected chi connectivity index (χ2v) is 6.31. The smallest absolute Gasteiger partial charge is 0.332 e. The summed E-state index contributed by atoms with van der Waals surface area (Å²) >= 11 is 1.54. The topological polar surface area (TPSA) is 101 Å². The molecule has 1 saturated heterocycles. The second-order valence-electron chi connectivity index (χ2n) is 5.05. The number of thiazole rings is 1. The summed E-state index contributed by atoms with van der Waals surface area (Å²) in [6, 6.07) is -0.474. The van der Waals surface area contributed by atoms with E-state index in [-0.39, 0.29) is 18.2 Å². The van der Waals surface area contributed by atoms with E-state index in [1.807, 2.05) is 13.8 Å². The highest BCUT2D eigenvalue weighted by molar-refractivity contribution is 7.11. The Bertz CT molecular complexity index is 519. The van der Waals surface area contributed by atoms with E-state index >= 15 is 0 Å². The van der Waals surface area contributed by atoms with Gasteiger partial charge in [-0.05, 0) is 26.7 Å². The average Bonchev–Trinajstić information content (AvgIpc) is 3.05. The standard InChI is InChI=1S/C13H19N3O4S/c1-7-5-14-11(21-7)8(2)16-13(19)15-6-9-3-4-10(20-9)12(17)18/h5,8-10H,3-4,6H2,1-2H3,(H,17,18)(H2,15,16,19). The van der Waals surface area contributed by atoms with Gasteiger partial charge in [0.1, 0.15) is 5.01 Å². The quantitative estimate of drug-likeness (QED) is 0.764. The van der Waals surface area contributed by atoms with Crippen LogP contribution in [0, 0.1) is 6.92 Å². The van der Waals surface area contributed by atoms with Crippen LogP contribution in [0.15, 0.2) is 6.20 Å². The van der Waals surface area contributed by atoms with Gasteiger partial charge in [-0.2, -0.15) is 0 Å². The van der Waals surface area contributed by atoms with E-state index in [1.54, 1.807) is 17.5 Å². The van der Waals surface area contributed by atoms with Crippen LogP contribution in [0.1, 0.15) is 35.7 Å². The third kappa shape index (κ3) is 4.40. The molecular formula is C13H19N3O4S. The summed E-state index contributed by atoms with van der Waals surface area (Å²) in [5, 5.41) is 15.2. The number of aromatic nitrogens is 1. The fourth-order valence-electron chi connectivity index (χ4n) is 2.13. The third-order valence-corrected chi connectivity index (χ3v) is 4.33. The van der Waals surface area contributed by atoms with E-state index in [1.165, 1.54) is 0 Å². The van der Waals surface area contributed by atoms with Crippen molar-refractivity contribution in [1.82, 2.24) is 15.6 Å². The molecule has 3 N–H and O–H groups in total. The largest absolute Gasteiger partial charge is 0.479 e. The first kappa shape index (κ1) is 15.7. The number of hydrogen-bond acceptors (Lipinski definition) is 5. The van der Waals surface area contributed by atoms with Crippen molar-refractivity contribution in [2.45, 2.75) is 44.9 Å². The maximum Gasteiger partial charge on any atom is 0.332 e. The third-order valence-electron chi connectivity index (χ3n) is 3.23. The maximum atomic E-state index is 11.8. The number of nitrogens with zero attached hydrogens (tertiary/aromatic N) is 1. The lowest BCUT2D eigenvalue weighted by Crippen LogP contribution is -2.41. The van der Waals surface area contributed by atoms with Crippen LogP contribution in [0.25, 0.3) is 0 Å². The molecule has 0 spiro atoms. The molecule has 0 saturated carbocycles. The molecule has 3 atom stereocenters. The Morgan fingerprint density at radius 2 is 2.33 bits per heavy atom. The number of aryl methyl sites for hydroxylation is 1. The fraction of sp³-hybridized carbons (Fsp3) is 0.615. The van der Waals surface area contributed by atoms with E-state index in [2.05, 4.69) is 15.6 Å². The normalized spacial score (nSPS) is 22.8. The summed E-state index contributed by atoms with van der Waals surface area (Å²) in [5.41, 5.74) is 0. The molecule has 0 bridgehead atoms. The maximum absolute atomic E-state index is 11.8. The van der Waals surface area contributed by atoms with Gasteiger partial charge in [-0.1, -0.05) is 0 Å². The van der Waals surface area contributed by atoms with Gasteiger partial charge < -0.3 is 20.5 Å². The Balaban J connectivity index is 1.72. The minimum absolute atomic E-state index is 0.167. The van der Waals surface area contributed by atoms with Gasteiger partial charge in [0.25, 0.3) is 0 Å². The van der Waals surface area contributed by atoms with Gasteiger partial charge in [-0.25, -0.2) is 14.6 Å². The second kappa shape index (κ2) is 6.86. The van der Waals surface area contributed by atoms with E-state index in [4.69, 9.17) is 9.84 Å². The molecule has 1 aliphatic rings. The summed E-state index contributed by atoms with van der Waals surface area (Å²) < 4.78 is 5.31. The highest BCUT2D eigenvalue weighted by atomic mass is 32.1. The van der Waals surface area contributed by atoms with Gasteiger partial charge in [-0.15, -0.1) is 11.3 Å². The van der Waals surface area contributed by atoms with Crippen molar-refractivity contribution in [3.8, 4) is 0 Å². The summed E-state index contributed by atoms with van der Waals surface area (Å²) in [4.78, 5) is 27.9. The van der Waals surface area contributed by atoms with Crippen LogP contribution in [-0.4, -0.2) is 40.8 Å². The lowest BCUT2D eigenvalue weighted by Gasteiger charge is -2.15. The monoisotopic (exact) mass is 313 g/mol. The van der Waals surface area contributed by atoms with E-state index in [9.17, 15) is 9.59 Å². The van der Waals surface area contributed by atoms with Crippen LogP contribution in [0.2, 0.25) is 0 Å². The molecule has 8 heteroatoms. The number of nitrogens with one attached hydrogen (secondary N) is 2. The van der Waals surface area contributed by atoms with Crippen molar-refractivity contribution >= 4 is 23.3 Å². The van der Waals surface area contributed by atoms with Gasteiger partial charge in [-0.3, -0.25) is 0 Å². The Morgan fingerprint density at radius 3 is 2.90 bits per heavy atom. The van der Waals surface area contributed by atoms with Crippen LogP contribution in [0.5, 0.6) is 0 Å². The molecular weight excluding hydrogens is 294 g/mol. The van der Waals surface area contributed by atoms with Gasteiger partial charge in [0.05, 0.1) is 12.1 Å². The zero-order valence-electron chi connectivity index (χ0n) is 12.0. The SMILES string of the molecule is Cc1cnc(C(C)NC(=O)NCC2CCC(C(=O)O)O2)s1. The minimum Gasteiger partial charge on any atom is -0.479 e. The van der Waals surface area contributed by atoms with Gasteiger partial charge in [0, 0.05) is 17.6 Å². The summed E-state index contributed by atoms with van der Waals surface area (Å²) in [5.74, 6) is -0.949. The van der Waals surface area contributed by atoms with E-state index in [0.717, 1.165) is 9.88 Å². The number of carboxylic acid groups (broad SMARTS) is 1. The molecule has 2 rings (SSSR count). The first-order valence-corrected chi connectivity index (χ1v) is 7.62. The minimum atomic E-state index is -0.949. The summed E-state index contributed by atoms with van der Waals surface area (Å²) in [7, 11) is 0. The molecule has 21 heavy (non-hydrogen) atoms. The number of aliphatic carboxylic acids is 1. The lowest BCUT2D eigenvalue weighted by atomic mass is 10.2. The van der Waals surface area contributed by atoms with Crippen molar-refractivity contribution in [1.29, 1.82) is 0 Å². The van der Waals surface area contributed by atoms with E-state index < -0.39 is 12.1 Å². The predicted molar refractivity (Wildman–Crippen MR) is 77.3 cm³/mol. The molecule has 1 aliphatic heterocycles. The van der Waals surface area contributed by atoms with Crippen molar-refractivity contribution in [2.75, 3.05) is 6.54 Å². The summed E-state index contributed by atoms with van der Waals surface area (Å²) in [6.45, 7) is 4.13. The number of urea groups is 1. The number of amides is 2. The molecule has 0 aromatic carbocycles. The van der Waals surface area contributed by atoms with Crippen LogP contribution in [0.4, 0.5) is 4.79 Å². The number of carboxylic acids is 1. The van der Waals surface area contributed by atoms with E-state index in [0.29, 0.717) is 19.4 Å². The molecule has 0 aliphatic carbocycles. The molecule has 1 aromatic rings. The molecule has 0 radical (unpaired) electrons. The Labute approximate surface area is 126 Å². The van der Waals surface area contributed by atoms with Crippen LogP contribution >= 0.6 is 11.3 Å². The van der Waals surface area contributed by atoms with Gasteiger partial charge in [0.15, 0.2) is 6.10 Å². The highest BCUT2D eigenvalue weighted by Crippen LogP contribution is 2.20. The molecule has 116 valence electrons. The molecule has 7 nitrogen and oxygen atoms in total. The number of ether oxygens (including phenoxy) is 1. The van der Waals surface area contributed by atoms with Crippen molar-refractivity contribution < 1.29 is 19.4 Å². The highest BCUT2D eigenvalue weighted by Gasteiger charge is 2.30. The fourth-order valence-corrected chi connectivity index (χ4v) is 2.90. The van der Waals surface area contributed by atoms with Gasteiger partial charge in [0.2, 0.25) is 0 Å². The zero-order valence-corrected chi connectivity index (χ0v) is 12.8. The summed E-state index contributed by atoms with van der Waals surface area (Å²) in [6.07, 6.45) is 1.90. The number of carbonyl (C=O) groups is 2. The predicted octanol–water partition coefficient (Wildman–Crippen LogP) is 1.44. The molecule has 1 fully saturated rings.